The van der Waals surface area contributed by atoms with Gasteiger partial charge in [-0.25, -0.2) is 12.7 Å². The van der Waals surface area contributed by atoms with Crippen molar-refractivity contribution < 1.29 is 8.42 Å². The minimum absolute atomic E-state index is 0. The first-order valence-corrected chi connectivity index (χ1v) is 10.9. The summed E-state index contributed by atoms with van der Waals surface area (Å²) in [4.78, 5) is 9.34. The maximum Gasteiger partial charge on any atom is 0.214 e. The van der Waals surface area contributed by atoms with Crippen LogP contribution < -0.4 is 5.32 Å². The Balaban J connectivity index is 0.00000225. The average molecular weight is 485 g/mol. The number of guanidine groups is 1. The molecule has 3 aliphatic rings. The SMILES string of the molecule is CN=C(NCCN1CCCS1(=O)=O)N1CCC(N2CCCCC2)C1.I. The van der Waals surface area contributed by atoms with Gasteiger partial charge in [-0.05, 0) is 38.8 Å². The smallest absolute Gasteiger partial charge is 0.214 e. The molecule has 0 spiro atoms. The maximum absolute atomic E-state index is 11.8. The average Bonchev–Trinajstić information content (AvgIpc) is 3.19. The molecule has 0 aromatic carbocycles. The molecule has 0 aromatic heterocycles. The van der Waals surface area contributed by atoms with Crippen molar-refractivity contribution in [3.63, 3.8) is 0 Å². The fraction of sp³-hybridized carbons (Fsp3) is 0.938. The standard InChI is InChI=1S/C16H31N5O2S.HI/c1-17-16(18-7-12-21-10-5-13-24(21,22)23)20-11-6-15(14-20)19-8-3-2-4-9-19;/h15H,2-14H2,1H3,(H,17,18);1H. The lowest BCUT2D eigenvalue weighted by atomic mass is 10.1. The van der Waals surface area contributed by atoms with Crippen LogP contribution in [0.2, 0.25) is 0 Å². The summed E-state index contributed by atoms with van der Waals surface area (Å²) in [5.74, 6) is 1.21. The zero-order chi connectivity index (χ0) is 17.0. The third-order valence-corrected chi connectivity index (χ3v) is 7.39. The molecule has 1 atom stereocenters. The molecule has 0 aliphatic carbocycles. The predicted molar refractivity (Wildman–Crippen MR) is 112 cm³/mol. The molecule has 7 nitrogen and oxygen atoms in total. The topological polar surface area (TPSA) is 68.2 Å². The molecule has 3 heterocycles. The number of piperidine rings is 1. The molecule has 0 saturated carbocycles. The Kier molecular flexibility index (Phi) is 8.22. The molecule has 3 rings (SSSR count). The van der Waals surface area contributed by atoms with Crippen LogP contribution in [0.4, 0.5) is 0 Å². The second kappa shape index (κ2) is 9.70. The lowest BCUT2D eigenvalue weighted by molar-refractivity contribution is 0.168. The molecule has 9 heteroatoms. The second-order valence-electron chi connectivity index (χ2n) is 7.03. The molecule has 0 aromatic rings. The van der Waals surface area contributed by atoms with Crippen LogP contribution in [-0.4, -0.2) is 93.1 Å². The molecule has 0 radical (unpaired) electrons. The normalized spacial score (nSPS) is 28.1. The Labute approximate surface area is 169 Å². The fourth-order valence-electron chi connectivity index (χ4n) is 4.08. The highest BCUT2D eigenvalue weighted by Crippen LogP contribution is 2.20. The number of rotatable bonds is 4. The molecule has 25 heavy (non-hydrogen) atoms. The zero-order valence-electron chi connectivity index (χ0n) is 15.2. The highest BCUT2D eigenvalue weighted by Gasteiger charge is 2.31. The van der Waals surface area contributed by atoms with Crippen LogP contribution in [0.5, 0.6) is 0 Å². The number of nitrogens with zero attached hydrogens (tertiary/aromatic N) is 4. The van der Waals surface area contributed by atoms with Crippen molar-refractivity contribution in [3.05, 3.63) is 0 Å². The van der Waals surface area contributed by atoms with Gasteiger partial charge in [0.2, 0.25) is 10.0 Å². The Hall–Kier alpha value is -0.130. The minimum Gasteiger partial charge on any atom is -0.355 e. The monoisotopic (exact) mass is 485 g/mol. The second-order valence-corrected chi connectivity index (χ2v) is 9.12. The summed E-state index contributed by atoms with van der Waals surface area (Å²) < 4.78 is 25.3. The van der Waals surface area contributed by atoms with Gasteiger partial charge < -0.3 is 10.2 Å². The van der Waals surface area contributed by atoms with E-state index in [1.54, 1.807) is 4.31 Å². The van der Waals surface area contributed by atoms with Crippen molar-refractivity contribution in [3.8, 4) is 0 Å². The van der Waals surface area contributed by atoms with Crippen molar-refractivity contribution in [2.24, 2.45) is 4.99 Å². The van der Waals surface area contributed by atoms with Gasteiger partial charge in [0.1, 0.15) is 0 Å². The number of sulfonamides is 1. The third-order valence-electron chi connectivity index (χ3n) is 5.43. The minimum atomic E-state index is -3.00. The van der Waals surface area contributed by atoms with Crippen LogP contribution in [0.25, 0.3) is 0 Å². The maximum atomic E-state index is 11.8. The number of hydrogen-bond acceptors (Lipinski definition) is 4. The van der Waals surface area contributed by atoms with Gasteiger partial charge in [0.05, 0.1) is 5.75 Å². The third kappa shape index (κ3) is 5.43. The number of likely N-dealkylation sites (tertiary alicyclic amines) is 2. The van der Waals surface area contributed by atoms with Crippen LogP contribution in [-0.2, 0) is 10.0 Å². The van der Waals surface area contributed by atoms with Crippen LogP contribution in [0.1, 0.15) is 32.1 Å². The van der Waals surface area contributed by atoms with Crippen molar-refractivity contribution in [2.45, 2.75) is 38.1 Å². The first kappa shape index (κ1) is 21.2. The molecule has 3 aliphatic heterocycles. The summed E-state index contributed by atoms with van der Waals surface area (Å²) >= 11 is 0. The molecule has 1 N–H and O–H groups in total. The number of halogens is 1. The highest BCUT2D eigenvalue weighted by atomic mass is 127. The van der Waals surface area contributed by atoms with Gasteiger partial charge in [-0.15, -0.1) is 24.0 Å². The Bertz CT molecular complexity index is 551. The first-order valence-electron chi connectivity index (χ1n) is 9.27. The Morgan fingerprint density at radius 3 is 2.52 bits per heavy atom. The van der Waals surface area contributed by atoms with Crippen LogP contribution in [0, 0.1) is 0 Å². The number of aliphatic imine (C=N–C) groups is 1. The van der Waals surface area contributed by atoms with Crippen molar-refractivity contribution in [1.29, 1.82) is 0 Å². The van der Waals surface area contributed by atoms with Gasteiger partial charge in [-0.1, -0.05) is 6.42 Å². The van der Waals surface area contributed by atoms with E-state index < -0.39 is 10.0 Å². The Morgan fingerprint density at radius 1 is 1.12 bits per heavy atom. The summed E-state index contributed by atoms with van der Waals surface area (Å²) in [6.45, 7) is 6.34. The lowest BCUT2D eigenvalue weighted by Gasteiger charge is -2.32. The summed E-state index contributed by atoms with van der Waals surface area (Å²) in [5, 5.41) is 3.35. The molecular weight excluding hydrogens is 453 g/mol. The molecule has 0 bridgehead atoms. The first-order chi connectivity index (χ1) is 11.6. The van der Waals surface area contributed by atoms with Gasteiger partial charge in [0.15, 0.2) is 5.96 Å². The van der Waals surface area contributed by atoms with Crippen molar-refractivity contribution in [2.75, 3.05) is 58.6 Å². The highest BCUT2D eigenvalue weighted by molar-refractivity contribution is 14.0. The summed E-state index contributed by atoms with van der Waals surface area (Å²) in [5.41, 5.74) is 0. The lowest BCUT2D eigenvalue weighted by Crippen LogP contribution is -2.46. The van der Waals surface area contributed by atoms with E-state index in [0.717, 1.165) is 25.5 Å². The van der Waals surface area contributed by atoms with Crippen LogP contribution >= 0.6 is 24.0 Å². The number of hydrogen-bond donors (Lipinski definition) is 1. The van der Waals surface area contributed by atoms with E-state index >= 15 is 0 Å². The van der Waals surface area contributed by atoms with Gasteiger partial charge >= 0.3 is 0 Å². The van der Waals surface area contributed by atoms with E-state index in [4.69, 9.17) is 0 Å². The molecule has 1 unspecified atom stereocenters. The van der Waals surface area contributed by atoms with E-state index in [1.807, 2.05) is 7.05 Å². The van der Waals surface area contributed by atoms with Crippen LogP contribution in [0.3, 0.4) is 0 Å². The quantitative estimate of drug-likeness (QED) is 0.362. The van der Waals surface area contributed by atoms with Gasteiger partial charge in [0.25, 0.3) is 0 Å². The summed E-state index contributed by atoms with van der Waals surface area (Å²) in [7, 11) is -1.19. The van der Waals surface area contributed by atoms with Gasteiger partial charge in [-0.3, -0.25) is 9.89 Å². The summed E-state index contributed by atoms with van der Waals surface area (Å²) in [6.07, 6.45) is 5.97. The van der Waals surface area contributed by atoms with Gasteiger partial charge in [0, 0.05) is 45.8 Å². The molecular formula is C16H32IN5O2S. The van der Waals surface area contributed by atoms with E-state index in [9.17, 15) is 8.42 Å². The van der Waals surface area contributed by atoms with E-state index in [-0.39, 0.29) is 24.0 Å². The van der Waals surface area contributed by atoms with E-state index in [2.05, 4.69) is 20.1 Å². The summed E-state index contributed by atoms with van der Waals surface area (Å²) in [6, 6.07) is 0.641. The largest absolute Gasteiger partial charge is 0.355 e. The van der Waals surface area contributed by atoms with E-state index in [1.165, 1.54) is 38.8 Å². The van der Waals surface area contributed by atoms with E-state index in [0.29, 0.717) is 31.4 Å². The molecule has 0 amide bonds. The molecule has 146 valence electrons. The van der Waals surface area contributed by atoms with Gasteiger partial charge in [-0.2, -0.15) is 0 Å². The predicted octanol–water partition coefficient (Wildman–Crippen LogP) is 0.776. The van der Waals surface area contributed by atoms with Crippen molar-refractivity contribution in [1.82, 2.24) is 19.4 Å². The Morgan fingerprint density at radius 2 is 1.88 bits per heavy atom. The number of nitrogens with one attached hydrogen (secondary N) is 1. The molecule has 3 fully saturated rings. The van der Waals surface area contributed by atoms with Crippen LogP contribution in [0.15, 0.2) is 4.99 Å². The fourth-order valence-corrected chi connectivity index (χ4v) is 5.61. The molecule has 3 saturated heterocycles. The zero-order valence-corrected chi connectivity index (χ0v) is 18.3. The van der Waals surface area contributed by atoms with Crippen molar-refractivity contribution >= 4 is 40.0 Å².